The molecule has 8 heteroatoms. The number of halogens is 3. The van der Waals surface area contributed by atoms with Crippen molar-refractivity contribution in [3.05, 3.63) is 82.1 Å². The number of nitrogens with one attached hydrogen (secondary N) is 1. The van der Waals surface area contributed by atoms with Crippen molar-refractivity contribution >= 4 is 11.6 Å². The molecule has 2 aromatic carbocycles. The molecule has 0 fully saturated rings. The van der Waals surface area contributed by atoms with Crippen LogP contribution in [0.1, 0.15) is 24.0 Å². The average Bonchev–Trinajstić information content (AvgIpc) is 2.70. The van der Waals surface area contributed by atoms with E-state index in [1.165, 1.54) is 22.9 Å². The summed E-state index contributed by atoms with van der Waals surface area (Å²) in [7, 11) is 0. The van der Waals surface area contributed by atoms with Crippen LogP contribution in [0.15, 0.2) is 65.5 Å². The lowest BCUT2D eigenvalue weighted by atomic mass is 10.1. The van der Waals surface area contributed by atoms with Gasteiger partial charge in [-0.05, 0) is 43.7 Å². The van der Waals surface area contributed by atoms with Crippen molar-refractivity contribution in [2.45, 2.75) is 32.5 Å². The fourth-order valence-corrected chi connectivity index (χ4v) is 2.84. The van der Waals surface area contributed by atoms with Gasteiger partial charge < -0.3 is 5.32 Å². The molecule has 0 unspecified atom stereocenters. The average molecular weight is 415 g/mol. The molecule has 3 rings (SSSR count). The van der Waals surface area contributed by atoms with E-state index >= 15 is 0 Å². The van der Waals surface area contributed by atoms with Gasteiger partial charge in [0.1, 0.15) is 0 Å². The van der Waals surface area contributed by atoms with E-state index in [1.807, 2.05) is 31.2 Å². The Hall–Kier alpha value is -3.42. The SMILES string of the molecule is Cc1ccc(-c2ccc(=O)n(CCCC(=O)Nc3ccc(C(F)(F)F)cc3)n2)cc1. The van der Waals surface area contributed by atoms with Gasteiger partial charge in [0.15, 0.2) is 0 Å². The summed E-state index contributed by atoms with van der Waals surface area (Å²) in [5.41, 5.74) is 1.89. The molecular weight excluding hydrogens is 395 g/mol. The number of hydrogen-bond acceptors (Lipinski definition) is 3. The molecule has 3 aromatic rings. The highest BCUT2D eigenvalue weighted by Gasteiger charge is 2.29. The Kier molecular flexibility index (Phi) is 6.34. The predicted molar refractivity (Wildman–Crippen MR) is 108 cm³/mol. The molecule has 0 spiro atoms. The topological polar surface area (TPSA) is 64.0 Å². The molecule has 1 heterocycles. The van der Waals surface area contributed by atoms with Crippen molar-refractivity contribution < 1.29 is 18.0 Å². The summed E-state index contributed by atoms with van der Waals surface area (Å²) in [5.74, 6) is -0.350. The van der Waals surface area contributed by atoms with E-state index in [9.17, 15) is 22.8 Å². The van der Waals surface area contributed by atoms with Crippen molar-refractivity contribution in [1.29, 1.82) is 0 Å². The summed E-state index contributed by atoms with van der Waals surface area (Å²) in [6, 6.07) is 15.1. The molecule has 0 aliphatic rings. The summed E-state index contributed by atoms with van der Waals surface area (Å²) in [5, 5.41) is 6.90. The molecule has 0 aliphatic carbocycles. The molecule has 0 radical (unpaired) electrons. The highest BCUT2D eigenvalue weighted by atomic mass is 19.4. The van der Waals surface area contributed by atoms with Gasteiger partial charge in [-0.2, -0.15) is 18.3 Å². The number of carbonyl (C=O) groups excluding carboxylic acids is 1. The first-order valence-corrected chi connectivity index (χ1v) is 9.35. The van der Waals surface area contributed by atoms with Crippen molar-refractivity contribution in [2.75, 3.05) is 5.32 Å². The monoisotopic (exact) mass is 415 g/mol. The molecule has 0 bridgehead atoms. The van der Waals surface area contributed by atoms with E-state index in [0.717, 1.165) is 23.3 Å². The second-order valence-electron chi connectivity index (χ2n) is 6.87. The molecule has 0 aliphatic heterocycles. The van der Waals surface area contributed by atoms with Gasteiger partial charge in [-0.25, -0.2) is 4.68 Å². The van der Waals surface area contributed by atoms with Gasteiger partial charge in [0.05, 0.1) is 11.3 Å². The molecule has 1 aromatic heterocycles. The zero-order chi connectivity index (χ0) is 21.7. The summed E-state index contributed by atoms with van der Waals surface area (Å²) >= 11 is 0. The van der Waals surface area contributed by atoms with Crippen molar-refractivity contribution in [1.82, 2.24) is 9.78 Å². The minimum absolute atomic E-state index is 0.101. The van der Waals surface area contributed by atoms with Crippen LogP contribution in [-0.4, -0.2) is 15.7 Å². The largest absolute Gasteiger partial charge is 0.416 e. The third kappa shape index (κ3) is 5.56. The lowest BCUT2D eigenvalue weighted by Gasteiger charge is -2.09. The number of aryl methyl sites for hydroxylation is 2. The lowest BCUT2D eigenvalue weighted by molar-refractivity contribution is -0.137. The van der Waals surface area contributed by atoms with Gasteiger partial charge in [0.2, 0.25) is 5.91 Å². The molecule has 5 nitrogen and oxygen atoms in total. The molecule has 0 saturated heterocycles. The quantitative estimate of drug-likeness (QED) is 0.637. The first-order valence-electron chi connectivity index (χ1n) is 9.35. The molecule has 1 amide bonds. The first-order chi connectivity index (χ1) is 14.2. The number of alkyl halides is 3. The number of anilines is 1. The fourth-order valence-electron chi connectivity index (χ4n) is 2.84. The lowest BCUT2D eigenvalue weighted by Crippen LogP contribution is -2.23. The van der Waals surface area contributed by atoms with E-state index < -0.39 is 11.7 Å². The van der Waals surface area contributed by atoms with Crippen LogP contribution in [0.4, 0.5) is 18.9 Å². The van der Waals surface area contributed by atoms with E-state index in [1.54, 1.807) is 6.07 Å². The number of amides is 1. The second-order valence-corrected chi connectivity index (χ2v) is 6.87. The molecule has 0 atom stereocenters. The van der Waals surface area contributed by atoms with Crippen LogP contribution >= 0.6 is 0 Å². The minimum Gasteiger partial charge on any atom is -0.326 e. The van der Waals surface area contributed by atoms with Gasteiger partial charge in [0.25, 0.3) is 5.56 Å². The van der Waals surface area contributed by atoms with Crippen LogP contribution in [0, 0.1) is 6.92 Å². The summed E-state index contributed by atoms with van der Waals surface area (Å²) < 4.78 is 39.0. The van der Waals surface area contributed by atoms with Crippen LogP contribution in [0.5, 0.6) is 0 Å². The predicted octanol–water partition coefficient (Wildman–Crippen LogP) is 4.66. The van der Waals surface area contributed by atoms with Gasteiger partial charge in [-0.1, -0.05) is 29.8 Å². The Morgan fingerprint density at radius 3 is 2.30 bits per heavy atom. The fraction of sp³-hybridized carbons (Fsp3) is 0.227. The Labute approximate surface area is 171 Å². The maximum Gasteiger partial charge on any atom is 0.416 e. The number of nitrogens with zero attached hydrogens (tertiary/aromatic N) is 2. The number of rotatable bonds is 6. The van der Waals surface area contributed by atoms with E-state index in [2.05, 4.69) is 10.4 Å². The Morgan fingerprint density at radius 2 is 1.67 bits per heavy atom. The Morgan fingerprint density at radius 1 is 1.00 bits per heavy atom. The summed E-state index contributed by atoms with van der Waals surface area (Å²) in [4.78, 5) is 24.1. The minimum atomic E-state index is -4.42. The smallest absolute Gasteiger partial charge is 0.326 e. The number of benzene rings is 2. The second kappa shape index (κ2) is 8.94. The number of aromatic nitrogens is 2. The molecule has 30 heavy (non-hydrogen) atoms. The van der Waals surface area contributed by atoms with Crippen LogP contribution in [0.2, 0.25) is 0 Å². The molecule has 0 saturated carbocycles. The summed E-state index contributed by atoms with van der Waals surface area (Å²) in [6.45, 7) is 2.23. The first kappa shape index (κ1) is 21.3. The summed E-state index contributed by atoms with van der Waals surface area (Å²) in [6.07, 6.45) is -3.96. The van der Waals surface area contributed by atoms with E-state index in [4.69, 9.17) is 0 Å². The van der Waals surface area contributed by atoms with Crippen molar-refractivity contribution in [3.8, 4) is 11.3 Å². The van der Waals surface area contributed by atoms with E-state index in [-0.39, 0.29) is 30.1 Å². The van der Waals surface area contributed by atoms with Crippen LogP contribution in [0.25, 0.3) is 11.3 Å². The van der Waals surface area contributed by atoms with Crippen molar-refractivity contribution in [3.63, 3.8) is 0 Å². The maximum atomic E-state index is 12.6. The van der Waals surface area contributed by atoms with Crippen molar-refractivity contribution in [2.24, 2.45) is 0 Å². The van der Waals surface area contributed by atoms with E-state index in [0.29, 0.717) is 12.1 Å². The van der Waals surface area contributed by atoms with Crippen LogP contribution in [-0.2, 0) is 17.5 Å². The molecule has 156 valence electrons. The Balaban J connectivity index is 1.57. The molecular formula is C22H20F3N3O2. The highest BCUT2D eigenvalue weighted by Crippen LogP contribution is 2.29. The number of hydrogen-bond donors (Lipinski definition) is 1. The third-order valence-electron chi connectivity index (χ3n) is 4.48. The van der Waals surface area contributed by atoms with Gasteiger partial charge >= 0.3 is 6.18 Å². The standard InChI is InChI=1S/C22H20F3N3O2/c1-15-4-6-16(7-5-15)19-12-13-21(30)28(27-19)14-2-3-20(29)26-18-10-8-17(9-11-18)22(23,24)25/h4-13H,2-3,14H2,1H3,(H,26,29). The highest BCUT2D eigenvalue weighted by molar-refractivity contribution is 5.90. The number of carbonyl (C=O) groups is 1. The van der Waals surface area contributed by atoms with Crippen LogP contribution in [0.3, 0.4) is 0 Å². The Bertz CT molecular complexity index is 1070. The van der Waals surface area contributed by atoms with Gasteiger partial charge in [0, 0.05) is 30.3 Å². The third-order valence-corrected chi connectivity index (χ3v) is 4.48. The molecule has 1 N–H and O–H groups in total. The maximum absolute atomic E-state index is 12.6. The normalized spacial score (nSPS) is 11.3. The van der Waals surface area contributed by atoms with Crippen LogP contribution < -0.4 is 10.9 Å². The van der Waals surface area contributed by atoms with Gasteiger partial charge in [-0.3, -0.25) is 9.59 Å². The zero-order valence-corrected chi connectivity index (χ0v) is 16.2. The van der Waals surface area contributed by atoms with Gasteiger partial charge in [-0.15, -0.1) is 0 Å². The zero-order valence-electron chi connectivity index (χ0n) is 16.2.